The van der Waals surface area contributed by atoms with E-state index in [-0.39, 0.29) is 6.04 Å². The van der Waals surface area contributed by atoms with Crippen molar-refractivity contribution in [3.05, 3.63) is 18.0 Å². The van der Waals surface area contributed by atoms with Gasteiger partial charge in [-0.05, 0) is 13.0 Å². The summed E-state index contributed by atoms with van der Waals surface area (Å²) < 4.78 is 7.04. The third kappa shape index (κ3) is 2.42. The molecule has 16 heavy (non-hydrogen) atoms. The van der Waals surface area contributed by atoms with Gasteiger partial charge in [-0.15, -0.1) is 0 Å². The maximum absolute atomic E-state index is 10.1. The van der Waals surface area contributed by atoms with Gasteiger partial charge in [-0.1, -0.05) is 0 Å². The first-order chi connectivity index (χ1) is 7.61. The van der Waals surface area contributed by atoms with E-state index >= 15 is 0 Å². The summed E-state index contributed by atoms with van der Waals surface area (Å²) in [6.45, 7) is 3.70. The van der Waals surface area contributed by atoms with Crippen LogP contribution in [0.2, 0.25) is 0 Å². The Morgan fingerprint density at radius 2 is 2.56 bits per heavy atom. The molecule has 0 spiro atoms. The summed E-state index contributed by atoms with van der Waals surface area (Å²) in [6, 6.07) is 2.16. The van der Waals surface area contributed by atoms with Crippen LogP contribution in [-0.4, -0.2) is 40.2 Å². The van der Waals surface area contributed by atoms with Gasteiger partial charge in [0.15, 0.2) is 0 Å². The zero-order valence-corrected chi connectivity index (χ0v) is 9.81. The molecule has 2 atom stereocenters. The van der Waals surface area contributed by atoms with Gasteiger partial charge in [0.25, 0.3) is 0 Å². The van der Waals surface area contributed by atoms with E-state index in [0.717, 1.165) is 5.69 Å². The van der Waals surface area contributed by atoms with Crippen LogP contribution in [0.4, 0.5) is 0 Å². The van der Waals surface area contributed by atoms with Gasteiger partial charge in [0.05, 0.1) is 12.3 Å². The Morgan fingerprint density at radius 1 is 1.75 bits per heavy atom. The Kier molecular flexibility index (Phi) is 3.28. The topological polar surface area (TPSA) is 59.3 Å². The minimum atomic E-state index is -0.702. The fraction of sp³-hybridized carbons (Fsp3) is 0.727. The summed E-state index contributed by atoms with van der Waals surface area (Å²) in [6.07, 6.45) is 2.49. The zero-order valence-electron chi connectivity index (χ0n) is 9.81. The molecule has 0 aliphatic carbocycles. The molecule has 0 saturated carbocycles. The van der Waals surface area contributed by atoms with Gasteiger partial charge in [0.2, 0.25) is 0 Å². The van der Waals surface area contributed by atoms with Crippen LogP contribution >= 0.6 is 0 Å². The van der Waals surface area contributed by atoms with Gasteiger partial charge in [0.1, 0.15) is 5.60 Å². The van der Waals surface area contributed by atoms with Crippen LogP contribution in [0, 0.1) is 0 Å². The van der Waals surface area contributed by atoms with Crippen molar-refractivity contribution in [2.45, 2.75) is 25.0 Å². The van der Waals surface area contributed by atoms with Gasteiger partial charge in [-0.3, -0.25) is 4.68 Å². The van der Waals surface area contributed by atoms with E-state index in [4.69, 9.17) is 4.74 Å². The van der Waals surface area contributed by atoms with E-state index in [1.165, 1.54) is 0 Å². The fourth-order valence-electron chi connectivity index (χ4n) is 1.99. The lowest BCUT2D eigenvalue weighted by Crippen LogP contribution is -2.42. The van der Waals surface area contributed by atoms with Crippen molar-refractivity contribution in [1.82, 2.24) is 15.1 Å². The Morgan fingerprint density at radius 3 is 3.12 bits per heavy atom. The van der Waals surface area contributed by atoms with Crippen LogP contribution < -0.4 is 5.32 Å². The molecule has 1 aliphatic rings. The maximum atomic E-state index is 10.1. The second-order valence-corrected chi connectivity index (χ2v) is 4.51. The van der Waals surface area contributed by atoms with Crippen LogP contribution in [0.25, 0.3) is 0 Å². The van der Waals surface area contributed by atoms with Crippen molar-refractivity contribution in [1.29, 1.82) is 0 Å². The third-order valence-electron chi connectivity index (χ3n) is 3.12. The van der Waals surface area contributed by atoms with E-state index in [1.54, 1.807) is 6.20 Å². The second-order valence-electron chi connectivity index (χ2n) is 4.51. The molecule has 0 bridgehead atoms. The first-order valence-corrected chi connectivity index (χ1v) is 5.62. The molecule has 90 valence electrons. The molecule has 2 heterocycles. The molecule has 5 heteroatoms. The number of hydrogen-bond acceptors (Lipinski definition) is 4. The number of aliphatic hydroxyl groups is 1. The summed E-state index contributed by atoms with van der Waals surface area (Å²) in [5.74, 6) is 0. The van der Waals surface area contributed by atoms with Crippen LogP contribution in [-0.2, 0) is 11.8 Å². The van der Waals surface area contributed by atoms with E-state index in [0.29, 0.717) is 26.2 Å². The van der Waals surface area contributed by atoms with Crippen LogP contribution in [0.1, 0.15) is 25.1 Å². The SMILES string of the molecule is CC(NCC1(O)CCOC1)c1ccnn1C. The molecule has 0 amide bonds. The predicted octanol–water partition coefficient (Wildman–Crippen LogP) is 0.222. The monoisotopic (exact) mass is 225 g/mol. The fourth-order valence-corrected chi connectivity index (χ4v) is 1.99. The molecule has 0 aromatic carbocycles. The highest BCUT2D eigenvalue weighted by molar-refractivity contribution is 5.05. The van der Waals surface area contributed by atoms with Gasteiger partial charge in [-0.2, -0.15) is 5.10 Å². The standard InChI is InChI=1S/C11H19N3O2/c1-9(10-3-5-13-14(10)2)12-7-11(15)4-6-16-8-11/h3,5,9,12,15H,4,6-8H2,1-2H3. The maximum Gasteiger partial charge on any atom is 0.103 e. The number of rotatable bonds is 4. The molecular weight excluding hydrogens is 206 g/mol. The lowest BCUT2D eigenvalue weighted by Gasteiger charge is -2.23. The summed E-state index contributed by atoms with van der Waals surface area (Å²) >= 11 is 0. The Labute approximate surface area is 95.4 Å². The molecule has 2 unspecified atom stereocenters. The first-order valence-electron chi connectivity index (χ1n) is 5.62. The van der Waals surface area contributed by atoms with Crippen molar-refractivity contribution in [2.24, 2.45) is 7.05 Å². The van der Waals surface area contributed by atoms with E-state index < -0.39 is 5.60 Å². The third-order valence-corrected chi connectivity index (χ3v) is 3.12. The number of nitrogens with one attached hydrogen (secondary N) is 1. The number of aromatic nitrogens is 2. The number of hydrogen-bond donors (Lipinski definition) is 2. The zero-order chi connectivity index (χ0) is 11.6. The van der Waals surface area contributed by atoms with E-state index in [2.05, 4.69) is 17.3 Å². The summed E-state index contributed by atoms with van der Waals surface area (Å²) in [5.41, 5.74) is 0.412. The van der Waals surface area contributed by atoms with Gasteiger partial charge < -0.3 is 15.2 Å². The minimum absolute atomic E-state index is 0.178. The molecular formula is C11H19N3O2. The first kappa shape index (κ1) is 11.6. The minimum Gasteiger partial charge on any atom is -0.386 e. The van der Waals surface area contributed by atoms with Crippen LogP contribution in [0.15, 0.2) is 12.3 Å². The smallest absolute Gasteiger partial charge is 0.103 e. The number of ether oxygens (including phenoxy) is 1. The average Bonchev–Trinajstić information content (AvgIpc) is 2.85. The van der Waals surface area contributed by atoms with Gasteiger partial charge in [-0.25, -0.2) is 0 Å². The van der Waals surface area contributed by atoms with Crippen molar-refractivity contribution < 1.29 is 9.84 Å². The van der Waals surface area contributed by atoms with E-state index in [1.807, 2.05) is 17.8 Å². The van der Waals surface area contributed by atoms with Crippen molar-refractivity contribution >= 4 is 0 Å². The average molecular weight is 225 g/mol. The predicted molar refractivity (Wildman–Crippen MR) is 60.0 cm³/mol. The molecule has 1 fully saturated rings. The molecule has 5 nitrogen and oxygen atoms in total. The summed E-state index contributed by atoms with van der Waals surface area (Å²) in [4.78, 5) is 0. The highest BCUT2D eigenvalue weighted by atomic mass is 16.5. The van der Waals surface area contributed by atoms with E-state index in [9.17, 15) is 5.11 Å². The van der Waals surface area contributed by atoms with Gasteiger partial charge >= 0.3 is 0 Å². The summed E-state index contributed by atoms with van der Waals surface area (Å²) in [7, 11) is 1.92. The second kappa shape index (κ2) is 4.53. The van der Waals surface area contributed by atoms with Crippen molar-refractivity contribution in [3.8, 4) is 0 Å². The van der Waals surface area contributed by atoms with Crippen LogP contribution in [0.3, 0.4) is 0 Å². The highest BCUT2D eigenvalue weighted by Crippen LogP contribution is 2.19. The largest absolute Gasteiger partial charge is 0.386 e. The van der Waals surface area contributed by atoms with Gasteiger partial charge in [0, 0.05) is 38.9 Å². The van der Waals surface area contributed by atoms with Crippen LogP contribution in [0.5, 0.6) is 0 Å². The Bertz CT molecular complexity index is 345. The molecule has 1 aliphatic heterocycles. The normalized spacial score (nSPS) is 27.2. The lowest BCUT2D eigenvalue weighted by atomic mass is 10.0. The molecule has 0 radical (unpaired) electrons. The highest BCUT2D eigenvalue weighted by Gasteiger charge is 2.32. The Hall–Kier alpha value is -0.910. The molecule has 1 aromatic rings. The van der Waals surface area contributed by atoms with Crippen molar-refractivity contribution in [3.63, 3.8) is 0 Å². The molecule has 1 aromatic heterocycles. The number of aryl methyl sites for hydroxylation is 1. The summed E-state index contributed by atoms with van der Waals surface area (Å²) in [5, 5.41) is 17.5. The molecule has 1 saturated heterocycles. The molecule has 2 N–H and O–H groups in total. The Balaban J connectivity index is 1.88. The number of nitrogens with zero attached hydrogens (tertiary/aromatic N) is 2. The van der Waals surface area contributed by atoms with Crippen molar-refractivity contribution in [2.75, 3.05) is 19.8 Å². The quantitative estimate of drug-likeness (QED) is 0.769. The lowest BCUT2D eigenvalue weighted by molar-refractivity contribution is 0.0250. The molecule has 2 rings (SSSR count).